The summed E-state index contributed by atoms with van der Waals surface area (Å²) in [5.74, 6) is -1.38. The number of carbonyl (C=O) groups is 2. The molecular weight excluding hydrogens is 260 g/mol. The molecule has 6 nitrogen and oxygen atoms in total. The molecule has 20 heavy (non-hydrogen) atoms. The van der Waals surface area contributed by atoms with E-state index in [0.717, 1.165) is 5.56 Å². The molecule has 0 saturated heterocycles. The van der Waals surface area contributed by atoms with E-state index in [4.69, 9.17) is 9.52 Å². The minimum Gasteiger partial charge on any atom is -0.481 e. The molecule has 1 amide bonds. The van der Waals surface area contributed by atoms with Gasteiger partial charge < -0.3 is 14.8 Å². The predicted octanol–water partition coefficient (Wildman–Crippen LogP) is 1.93. The number of rotatable bonds is 5. The van der Waals surface area contributed by atoms with Crippen LogP contribution in [0.15, 0.2) is 41.1 Å². The minimum absolute atomic E-state index is 0.0938. The highest BCUT2D eigenvalue weighted by Crippen LogP contribution is 2.18. The van der Waals surface area contributed by atoms with Crippen molar-refractivity contribution >= 4 is 11.9 Å². The minimum atomic E-state index is -0.992. The molecule has 0 spiro atoms. The molecule has 0 bridgehead atoms. The first kappa shape index (κ1) is 13.8. The van der Waals surface area contributed by atoms with E-state index in [1.807, 2.05) is 6.07 Å². The lowest BCUT2D eigenvalue weighted by atomic mass is 10.0. The van der Waals surface area contributed by atoms with Crippen molar-refractivity contribution in [2.75, 3.05) is 0 Å². The maximum atomic E-state index is 12.1. The van der Waals surface area contributed by atoms with Crippen LogP contribution in [0.5, 0.6) is 0 Å². The zero-order valence-corrected chi connectivity index (χ0v) is 10.9. The SMILES string of the molecule is Cc1ncoc1C(=O)NC(CC(=O)O)c1ccccc1. The number of hydrogen-bond acceptors (Lipinski definition) is 4. The van der Waals surface area contributed by atoms with Gasteiger partial charge in [-0.3, -0.25) is 9.59 Å². The normalized spacial score (nSPS) is 11.8. The molecular formula is C14H14N2O4. The van der Waals surface area contributed by atoms with Crippen molar-refractivity contribution in [3.8, 4) is 0 Å². The summed E-state index contributed by atoms with van der Waals surface area (Å²) in [5, 5.41) is 11.6. The van der Waals surface area contributed by atoms with Crippen molar-refractivity contribution in [1.82, 2.24) is 10.3 Å². The summed E-state index contributed by atoms with van der Waals surface area (Å²) >= 11 is 0. The topological polar surface area (TPSA) is 92.4 Å². The fourth-order valence-electron chi connectivity index (χ4n) is 1.86. The monoisotopic (exact) mass is 274 g/mol. The summed E-state index contributed by atoms with van der Waals surface area (Å²) in [4.78, 5) is 26.8. The van der Waals surface area contributed by atoms with Crippen molar-refractivity contribution in [2.24, 2.45) is 0 Å². The Kier molecular flexibility index (Phi) is 4.14. The molecule has 1 heterocycles. The predicted molar refractivity (Wildman–Crippen MR) is 70.1 cm³/mol. The second-order valence-electron chi connectivity index (χ2n) is 4.30. The highest BCUT2D eigenvalue weighted by molar-refractivity contribution is 5.92. The number of benzene rings is 1. The van der Waals surface area contributed by atoms with E-state index in [9.17, 15) is 9.59 Å². The summed E-state index contributed by atoms with van der Waals surface area (Å²) in [6, 6.07) is 8.31. The van der Waals surface area contributed by atoms with Gasteiger partial charge in [-0.2, -0.15) is 0 Å². The van der Waals surface area contributed by atoms with E-state index in [0.29, 0.717) is 5.69 Å². The summed E-state index contributed by atoms with van der Waals surface area (Å²) < 4.78 is 5.00. The van der Waals surface area contributed by atoms with Gasteiger partial charge in [-0.05, 0) is 12.5 Å². The van der Waals surface area contributed by atoms with Gasteiger partial charge in [-0.25, -0.2) is 4.98 Å². The Hall–Kier alpha value is -2.63. The maximum absolute atomic E-state index is 12.1. The lowest BCUT2D eigenvalue weighted by molar-refractivity contribution is -0.137. The van der Waals surface area contributed by atoms with Gasteiger partial charge in [0.05, 0.1) is 18.2 Å². The van der Waals surface area contributed by atoms with Crippen LogP contribution in [0.25, 0.3) is 0 Å². The highest BCUT2D eigenvalue weighted by Gasteiger charge is 2.21. The van der Waals surface area contributed by atoms with Crippen LogP contribution in [0, 0.1) is 6.92 Å². The van der Waals surface area contributed by atoms with Crippen LogP contribution in [0.2, 0.25) is 0 Å². The molecule has 1 atom stereocenters. The van der Waals surface area contributed by atoms with Gasteiger partial charge in [0.1, 0.15) is 0 Å². The number of aromatic nitrogens is 1. The number of nitrogens with one attached hydrogen (secondary N) is 1. The number of carboxylic acid groups (broad SMARTS) is 1. The van der Waals surface area contributed by atoms with E-state index < -0.39 is 17.9 Å². The third-order valence-corrected chi connectivity index (χ3v) is 2.84. The van der Waals surface area contributed by atoms with Crippen LogP contribution in [-0.2, 0) is 4.79 Å². The number of carbonyl (C=O) groups excluding carboxylic acids is 1. The molecule has 1 aromatic heterocycles. The molecule has 0 aliphatic carbocycles. The summed E-state index contributed by atoms with van der Waals surface area (Å²) in [5.41, 5.74) is 1.19. The number of hydrogen-bond donors (Lipinski definition) is 2. The Bertz CT molecular complexity index is 607. The highest BCUT2D eigenvalue weighted by atomic mass is 16.4. The van der Waals surface area contributed by atoms with Gasteiger partial charge in [-0.15, -0.1) is 0 Å². The van der Waals surface area contributed by atoms with E-state index in [1.165, 1.54) is 6.39 Å². The largest absolute Gasteiger partial charge is 0.481 e. The molecule has 0 aliphatic heterocycles. The van der Waals surface area contributed by atoms with Crippen LogP contribution in [0.1, 0.15) is 34.3 Å². The number of amides is 1. The van der Waals surface area contributed by atoms with Crippen LogP contribution in [0.4, 0.5) is 0 Å². The van der Waals surface area contributed by atoms with Gasteiger partial charge >= 0.3 is 5.97 Å². The smallest absolute Gasteiger partial charge is 0.305 e. The third kappa shape index (κ3) is 3.23. The van der Waals surface area contributed by atoms with Gasteiger partial charge in [0.15, 0.2) is 6.39 Å². The average molecular weight is 274 g/mol. The lowest BCUT2D eigenvalue weighted by Gasteiger charge is -2.16. The molecule has 0 fully saturated rings. The van der Waals surface area contributed by atoms with Gasteiger partial charge in [0.2, 0.25) is 5.76 Å². The van der Waals surface area contributed by atoms with E-state index in [-0.39, 0.29) is 12.2 Å². The second-order valence-corrected chi connectivity index (χ2v) is 4.30. The van der Waals surface area contributed by atoms with Gasteiger partial charge in [0, 0.05) is 0 Å². The lowest BCUT2D eigenvalue weighted by Crippen LogP contribution is -2.30. The summed E-state index contributed by atoms with van der Waals surface area (Å²) in [7, 11) is 0. The average Bonchev–Trinajstić information content (AvgIpc) is 2.85. The molecule has 0 aliphatic rings. The van der Waals surface area contributed by atoms with Crippen molar-refractivity contribution in [2.45, 2.75) is 19.4 Å². The fourth-order valence-corrected chi connectivity index (χ4v) is 1.86. The molecule has 104 valence electrons. The number of oxazole rings is 1. The van der Waals surface area contributed by atoms with Crippen molar-refractivity contribution in [3.63, 3.8) is 0 Å². The van der Waals surface area contributed by atoms with Crippen LogP contribution < -0.4 is 5.32 Å². The molecule has 2 rings (SSSR count). The quantitative estimate of drug-likeness (QED) is 0.869. The van der Waals surface area contributed by atoms with Crippen molar-refractivity contribution in [1.29, 1.82) is 0 Å². The van der Waals surface area contributed by atoms with Gasteiger partial charge in [0.25, 0.3) is 5.91 Å². The summed E-state index contributed by atoms with van der Waals surface area (Å²) in [6.07, 6.45) is 0.974. The second kappa shape index (κ2) is 6.01. The Morgan fingerprint density at radius 3 is 2.60 bits per heavy atom. The molecule has 6 heteroatoms. The van der Waals surface area contributed by atoms with Gasteiger partial charge in [-0.1, -0.05) is 30.3 Å². The molecule has 2 N–H and O–H groups in total. The first-order valence-corrected chi connectivity index (χ1v) is 6.05. The Morgan fingerprint density at radius 2 is 2.05 bits per heavy atom. The van der Waals surface area contributed by atoms with Crippen LogP contribution >= 0.6 is 0 Å². The molecule has 0 radical (unpaired) electrons. The van der Waals surface area contributed by atoms with E-state index in [2.05, 4.69) is 10.3 Å². The zero-order chi connectivity index (χ0) is 14.5. The number of aliphatic carboxylic acids is 1. The first-order valence-electron chi connectivity index (χ1n) is 6.05. The number of carboxylic acids is 1. The van der Waals surface area contributed by atoms with Crippen molar-refractivity contribution in [3.05, 3.63) is 53.7 Å². The summed E-state index contributed by atoms with van der Waals surface area (Å²) in [6.45, 7) is 1.65. The van der Waals surface area contributed by atoms with E-state index in [1.54, 1.807) is 31.2 Å². The van der Waals surface area contributed by atoms with E-state index >= 15 is 0 Å². The number of aryl methyl sites for hydroxylation is 1. The fraction of sp³-hybridized carbons (Fsp3) is 0.214. The Morgan fingerprint density at radius 1 is 1.35 bits per heavy atom. The Balaban J connectivity index is 2.18. The molecule has 0 saturated carbocycles. The van der Waals surface area contributed by atoms with Crippen LogP contribution in [0.3, 0.4) is 0 Å². The third-order valence-electron chi connectivity index (χ3n) is 2.84. The Labute approximate surface area is 115 Å². The molecule has 2 aromatic rings. The number of nitrogens with zero attached hydrogens (tertiary/aromatic N) is 1. The van der Waals surface area contributed by atoms with Crippen molar-refractivity contribution < 1.29 is 19.1 Å². The molecule has 1 aromatic carbocycles. The standard InChI is InChI=1S/C14H14N2O4/c1-9-13(20-8-15-9)14(19)16-11(7-12(17)18)10-5-3-2-4-6-10/h2-6,8,11H,7H2,1H3,(H,16,19)(H,17,18). The maximum Gasteiger partial charge on any atom is 0.305 e. The van der Waals surface area contributed by atoms with Crippen LogP contribution in [-0.4, -0.2) is 22.0 Å². The first-order chi connectivity index (χ1) is 9.58. The molecule has 1 unspecified atom stereocenters. The zero-order valence-electron chi connectivity index (χ0n) is 10.9.